The number of ether oxygens (including phenoxy) is 1. The Bertz CT molecular complexity index is 558. The van der Waals surface area contributed by atoms with Gasteiger partial charge in [-0.2, -0.15) is 0 Å². The van der Waals surface area contributed by atoms with Gasteiger partial charge in [-0.1, -0.05) is 29.3 Å². The summed E-state index contributed by atoms with van der Waals surface area (Å²) in [5.41, 5.74) is 0.566. The van der Waals surface area contributed by atoms with E-state index >= 15 is 0 Å². The first-order valence-corrected chi connectivity index (χ1v) is 8.06. The van der Waals surface area contributed by atoms with E-state index in [0.29, 0.717) is 10.0 Å². The van der Waals surface area contributed by atoms with E-state index in [2.05, 4.69) is 5.32 Å². The van der Waals surface area contributed by atoms with Crippen LogP contribution in [0.1, 0.15) is 32.3 Å². The molecule has 1 aromatic rings. The number of nitrogens with zero attached hydrogens (tertiary/aromatic N) is 1. The number of likely N-dealkylation sites (N-methyl/N-ethyl adjacent to an activating group) is 1. The minimum absolute atomic E-state index is 0.0205. The van der Waals surface area contributed by atoms with Crippen LogP contribution in [0.2, 0.25) is 10.0 Å². The summed E-state index contributed by atoms with van der Waals surface area (Å²) in [7, 11) is 1.77. The molecule has 0 saturated carbocycles. The summed E-state index contributed by atoms with van der Waals surface area (Å²) in [6.07, 6.45) is -0.314. The van der Waals surface area contributed by atoms with Crippen LogP contribution in [0, 0.1) is 0 Å². The Morgan fingerprint density at radius 3 is 2.55 bits per heavy atom. The molecule has 0 aromatic heterocycles. The Morgan fingerprint density at radius 2 is 1.95 bits per heavy atom. The van der Waals surface area contributed by atoms with Gasteiger partial charge in [0, 0.05) is 26.1 Å². The largest absolute Gasteiger partial charge is 0.444 e. The zero-order valence-corrected chi connectivity index (χ0v) is 14.8. The lowest BCUT2D eigenvalue weighted by atomic mass is 9.93. The Kier molecular flexibility index (Phi) is 5.25. The lowest BCUT2D eigenvalue weighted by molar-refractivity contribution is 0.0224. The highest BCUT2D eigenvalue weighted by Gasteiger charge is 2.35. The molecule has 0 aliphatic carbocycles. The molecule has 1 amide bonds. The summed E-state index contributed by atoms with van der Waals surface area (Å²) in [5, 5.41) is 4.40. The molecule has 1 fully saturated rings. The molecule has 1 N–H and O–H groups in total. The van der Waals surface area contributed by atoms with Gasteiger partial charge in [0.2, 0.25) is 0 Å². The Hall–Kier alpha value is -0.970. The number of rotatable bonds is 2. The van der Waals surface area contributed by atoms with Crippen molar-refractivity contribution in [2.45, 2.75) is 38.3 Å². The number of hydrogen-bond donors (Lipinski definition) is 1. The second-order valence-corrected chi connectivity index (χ2v) is 7.41. The molecular formula is C16H22Cl2N2O2. The standard InChI is InChI=1S/C16H22Cl2N2O2/c1-16(2,3)22-15(21)20(4)14-9-19-8-11(14)10-5-6-12(17)13(18)7-10/h5-7,11,14,19H,8-9H2,1-4H3. The number of hydrogen-bond acceptors (Lipinski definition) is 3. The fourth-order valence-electron chi connectivity index (χ4n) is 2.62. The van der Waals surface area contributed by atoms with Gasteiger partial charge in [-0.15, -0.1) is 0 Å². The molecule has 1 saturated heterocycles. The van der Waals surface area contributed by atoms with Gasteiger partial charge in [-0.05, 0) is 38.5 Å². The highest BCUT2D eigenvalue weighted by atomic mass is 35.5. The molecule has 4 nitrogen and oxygen atoms in total. The van der Waals surface area contributed by atoms with E-state index in [1.54, 1.807) is 18.0 Å². The van der Waals surface area contributed by atoms with Crippen LogP contribution in [-0.4, -0.2) is 42.8 Å². The molecule has 22 heavy (non-hydrogen) atoms. The number of halogens is 2. The molecule has 1 heterocycles. The Labute approximate surface area is 141 Å². The van der Waals surface area contributed by atoms with Crippen molar-refractivity contribution in [3.8, 4) is 0 Å². The van der Waals surface area contributed by atoms with Crippen LogP contribution in [-0.2, 0) is 4.74 Å². The molecule has 2 atom stereocenters. The number of nitrogens with one attached hydrogen (secondary N) is 1. The van der Waals surface area contributed by atoms with Crippen LogP contribution in [0.15, 0.2) is 18.2 Å². The molecule has 1 aliphatic heterocycles. The van der Waals surface area contributed by atoms with Crippen molar-refractivity contribution < 1.29 is 9.53 Å². The van der Waals surface area contributed by atoms with Crippen molar-refractivity contribution in [3.63, 3.8) is 0 Å². The van der Waals surface area contributed by atoms with Crippen molar-refractivity contribution >= 4 is 29.3 Å². The van der Waals surface area contributed by atoms with E-state index in [1.807, 2.05) is 32.9 Å². The van der Waals surface area contributed by atoms with Crippen molar-refractivity contribution in [2.75, 3.05) is 20.1 Å². The summed E-state index contributed by atoms with van der Waals surface area (Å²) in [6, 6.07) is 5.65. The maximum atomic E-state index is 12.3. The van der Waals surface area contributed by atoms with E-state index in [4.69, 9.17) is 27.9 Å². The summed E-state index contributed by atoms with van der Waals surface area (Å²) >= 11 is 12.1. The maximum Gasteiger partial charge on any atom is 0.410 e. The minimum atomic E-state index is -0.504. The predicted molar refractivity (Wildman–Crippen MR) is 89.9 cm³/mol. The van der Waals surface area contributed by atoms with Crippen LogP contribution in [0.5, 0.6) is 0 Å². The topological polar surface area (TPSA) is 41.6 Å². The number of carbonyl (C=O) groups is 1. The molecule has 0 radical (unpaired) electrons. The summed E-state index contributed by atoms with van der Waals surface area (Å²) in [4.78, 5) is 13.9. The molecule has 0 bridgehead atoms. The lowest BCUT2D eigenvalue weighted by Crippen LogP contribution is -2.44. The van der Waals surface area contributed by atoms with Crippen LogP contribution < -0.4 is 5.32 Å². The van der Waals surface area contributed by atoms with Crippen molar-refractivity contribution in [2.24, 2.45) is 0 Å². The van der Waals surface area contributed by atoms with Crippen LogP contribution in [0.3, 0.4) is 0 Å². The van der Waals surface area contributed by atoms with Crippen LogP contribution in [0.25, 0.3) is 0 Å². The minimum Gasteiger partial charge on any atom is -0.444 e. The molecule has 1 aromatic carbocycles. The van der Waals surface area contributed by atoms with Crippen molar-refractivity contribution in [1.82, 2.24) is 10.2 Å². The molecule has 2 rings (SSSR count). The normalized spacial score (nSPS) is 21.7. The molecule has 2 unspecified atom stereocenters. The van der Waals surface area contributed by atoms with Gasteiger partial charge in [-0.25, -0.2) is 4.79 Å². The summed E-state index contributed by atoms with van der Waals surface area (Å²) < 4.78 is 5.45. The zero-order valence-electron chi connectivity index (χ0n) is 13.3. The second-order valence-electron chi connectivity index (χ2n) is 6.60. The fourth-order valence-corrected chi connectivity index (χ4v) is 2.93. The third-order valence-electron chi connectivity index (χ3n) is 3.73. The summed E-state index contributed by atoms with van der Waals surface area (Å²) in [5.74, 6) is 0.160. The SMILES string of the molecule is CN(C(=O)OC(C)(C)C)C1CNCC1c1ccc(Cl)c(Cl)c1. The second kappa shape index (κ2) is 6.65. The quantitative estimate of drug-likeness (QED) is 0.883. The zero-order chi connectivity index (χ0) is 16.5. The summed E-state index contributed by atoms with van der Waals surface area (Å²) in [6.45, 7) is 7.10. The molecule has 1 aliphatic rings. The van der Waals surface area contributed by atoms with E-state index < -0.39 is 5.60 Å². The van der Waals surface area contributed by atoms with Gasteiger partial charge in [0.1, 0.15) is 5.60 Å². The fraction of sp³-hybridized carbons (Fsp3) is 0.562. The van der Waals surface area contributed by atoms with E-state index in [-0.39, 0.29) is 18.1 Å². The van der Waals surface area contributed by atoms with Gasteiger partial charge in [-0.3, -0.25) is 0 Å². The third-order valence-corrected chi connectivity index (χ3v) is 4.47. The highest BCUT2D eigenvalue weighted by Crippen LogP contribution is 2.31. The van der Waals surface area contributed by atoms with Crippen LogP contribution in [0.4, 0.5) is 4.79 Å². The molecule has 0 spiro atoms. The Morgan fingerprint density at radius 1 is 1.27 bits per heavy atom. The first-order chi connectivity index (χ1) is 10.2. The number of carbonyl (C=O) groups excluding carboxylic acids is 1. The third kappa shape index (κ3) is 4.06. The molecule has 6 heteroatoms. The molecular weight excluding hydrogens is 323 g/mol. The van der Waals surface area contributed by atoms with Gasteiger partial charge < -0.3 is 15.0 Å². The van der Waals surface area contributed by atoms with E-state index in [9.17, 15) is 4.79 Å². The maximum absolute atomic E-state index is 12.3. The smallest absolute Gasteiger partial charge is 0.410 e. The number of amides is 1. The lowest BCUT2D eigenvalue weighted by Gasteiger charge is -2.31. The van der Waals surface area contributed by atoms with Gasteiger partial charge in [0.05, 0.1) is 16.1 Å². The first-order valence-electron chi connectivity index (χ1n) is 7.30. The van der Waals surface area contributed by atoms with E-state index in [0.717, 1.165) is 18.7 Å². The van der Waals surface area contributed by atoms with Crippen LogP contribution >= 0.6 is 23.2 Å². The average molecular weight is 345 g/mol. The van der Waals surface area contributed by atoms with Crippen molar-refractivity contribution in [3.05, 3.63) is 33.8 Å². The van der Waals surface area contributed by atoms with E-state index in [1.165, 1.54) is 0 Å². The number of benzene rings is 1. The first kappa shape index (κ1) is 17.4. The highest BCUT2D eigenvalue weighted by molar-refractivity contribution is 6.42. The monoisotopic (exact) mass is 344 g/mol. The molecule has 122 valence electrons. The average Bonchev–Trinajstić information content (AvgIpc) is 2.88. The van der Waals surface area contributed by atoms with Crippen molar-refractivity contribution in [1.29, 1.82) is 0 Å². The predicted octanol–water partition coefficient (Wildman–Crippen LogP) is 3.92. The van der Waals surface area contributed by atoms with Gasteiger partial charge in [0.25, 0.3) is 0 Å². The van der Waals surface area contributed by atoms with Gasteiger partial charge in [0.15, 0.2) is 0 Å². The van der Waals surface area contributed by atoms with Gasteiger partial charge >= 0.3 is 6.09 Å². The Balaban J connectivity index is 2.16.